The predicted octanol–water partition coefficient (Wildman–Crippen LogP) is 4.21. The lowest BCUT2D eigenvalue weighted by atomic mass is 10.0. The van der Waals surface area contributed by atoms with Gasteiger partial charge in [0, 0.05) is 18.7 Å². The number of piperidine rings is 1. The summed E-state index contributed by atoms with van der Waals surface area (Å²) in [5.41, 5.74) is 3.05. The van der Waals surface area contributed by atoms with Gasteiger partial charge in [-0.2, -0.15) is 0 Å². The molecule has 1 aliphatic heterocycles. The second-order valence-electron chi connectivity index (χ2n) is 6.90. The van der Waals surface area contributed by atoms with Crippen molar-refractivity contribution >= 4 is 11.9 Å². The zero-order chi connectivity index (χ0) is 18.5. The van der Waals surface area contributed by atoms with E-state index in [0.29, 0.717) is 11.1 Å². The highest BCUT2D eigenvalue weighted by molar-refractivity contribution is 5.94. The minimum Gasteiger partial charge on any atom is -0.444 e. The highest BCUT2D eigenvalue weighted by Gasteiger charge is 2.30. The van der Waals surface area contributed by atoms with Crippen LogP contribution in [0.2, 0.25) is 0 Å². The van der Waals surface area contributed by atoms with Gasteiger partial charge in [0.15, 0.2) is 0 Å². The molecule has 4 nitrogen and oxygen atoms in total. The van der Waals surface area contributed by atoms with Gasteiger partial charge in [-0.25, -0.2) is 4.79 Å². The molecule has 0 bridgehead atoms. The molecule has 26 heavy (non-hydrogen) atoms. The van der Waals surface area contributed by atoms with Crippen LogP contribution in [0.25, 0.3) is 0 Å². The molecule has 1 saturated heterocycles. The van der Waals surface area contributed by atoms with Crippen LogP contribution in [0.3, 0.4) is 0 Å². The monoisotopic (exact) mass is 351 g/mol. The number of amides is 1. The van der Waals surface area contributed by atoms with Gasteiger partial charge in [0.25, 0.3) is 5.91 Å². The van der Waals surface area contributed by atoms with Crippen LogP contribution in [-0.4, -0.2) is 29.9 Å². The van der Waals surface area contributed by atoms with Gasteiger partial charge >= 0.3 is 5.97 Å². The predicted molar refractivity (Wildman–Crippen MR) is 101 cm³/mol. The second kappa shape index (κ2) is 8.17. The van der Waals surface area contributed by atoms with Gasteiger partial charge in [-0.1, -0.05) is 48.0 Å². The maximum absolute atomic E-state index is 13.1. The Morgan fingerprint density at radius 3 is 2.35 bits per heavy atom. The van der Waals surface area contributed by atoms with Gasteiger partial charge in [0.05, 0.1) is 5.56 Å². The zero-order valence-corrected chi connectivity index (χ0v) is 15.4. The van der Waals surface area contributed by atoms with Gasteiger partial charge in [0.1, 0.15) is 0 Å². The van der Waals surface area contributed by atoms with Crippen molar-refractivity contribution in [3.8, 4) is 0 Å². The molecule has 0 spiro atoms. The van der Waals surface area contributed by atoms with E-state index in [0.717, 1.165) is 43.5 Å². The Hall–Kier alpha value is -2.62. The molecule has 2 aromatic rings. The Bertz CT molecular complexity index is 779. The maximum Gasteiger partial charge on any atom is 0.339 e. The van der Waals surface area contributed by atoms with Crippen LogP contribution in [0, 0.1) is 13.8 Å². The number of hydrogen-bond acceptors (Lipinski definition) is 3. The van der Waals surface area contributed by atoms with E-state index in [4.69, 9.17) is 4.74 Å². The van der Waals surface area contributed by atoms with Crippen molar-refractivity contribution < 1.29 is 14.3 Å². The Morgan fingerprint density at radius 2 is 1.65 bits per heavy atom. The molecular formula is C22H25NO3. The first-order chi connectivity index (χ1) is 12.6. The number of nitrogens with zero attached hydrogens (tertiary/aromatic N) is 1. The Morgan fingerprint density at radius 1 is 0.962 bits per heavy atom. The summed E-state index contributed by atoms with van der Waals surface area (Å²) in [4.78, 5) is 27.7. The second-order valence-corrected chi connectivity index (χ2v) is 6.90. The van der Waals surface area contributed by atoms with Gasteiger partial charge < -0.3 is 9.64 Å². The number of aryl methyl sites for hydroxylation is 2. The number of esters is 1. The Balaban J connectivity index is 1.87. The van der Waals surface area contributed by atoms with E-state index in [1.54, 1.807) is 0 Å². The fraction of sp³-hybridized carbons (Fsp3) is 0.364. The molecule has 1 atom stereocenters. The molecule has 1 heterocycles. The van der Waals surface area contributed by atoms with Gasteiger partial charge in [-0.3, -0.25) is 4.79 Å². The van der Waals surface area contributed by atoms with Crippen molar-refractivity contribution in [2.45, 2.75) is 39.2 Å². The molecule has 0 unspecified atom stereocenters. The topological polar surface area (TPSA) is 46.6 Å². The van der Waals surface area contributed by atoms with E-state index >= 15 is 0 Å². The van der Waals surface area contributed by atoms with Crippen molar-refractivity contribution in [2.24, 2.45) is 0 Å². The Kier molecular flexibility index (Phi) is 5.71. The summed E-state index contributed by atoms with van der Waals surface area (Å²) in [5.74, 6) is -0.583. The Labute approximate surface area is 154 Å². The van der Waals surface area contributed by atoms with Gasteiger partial charge in [-0.15, -0.1) is 0 Å². The summed E-state index contributed by atoms with van der Waals surface area (Å²) in [6, 6.07) is 14.9. The first-order valence-corrected chi connectivity index (χ1v) is 9.18. The average Bonchev–Trinajstić information content (AvgIpc) is 2.68. The third-order valence-electron chi connectivity index (χ3n) is 4.83. The average molecular weight is 351 g/mol. The normalized spacial score (nSPS) is 15.4. The number of rotatable bonds is 4. The molecule has 4 heteroatoms. The molecule has 136 valence electrons. The summed E-state index contributed by atoms with van der Waals surface area (Å²) in [6.45, 7) is 5.26. The minimum atomic E-state index is -0.901. The third kappa shape index (κ3) is 4.13. The smallest absolute Gasteiger partial charge is 0.339 e. The molecule has 2 aromatic carbocycles. The van der Waals surface area contributed by atoms with E-state index in [2.05, 4.69) is 0 Å². The number of carbonyl (C=O) groups excluding carboxylic acids is 2. The van der Waals surface area contributed by atoms with Crippen molar-refractivity contribution in [1.82, 2.24) is 4.90 Å². The third-order valence-corrected chi connectivity index (χ3v) is 4.83. The molecule has 0 radical (unpaired) electrons. The van der Waals surface area contributed by atoms with Crippen molar-refractivity contribution in [1.29, 1.82) is 0 Å². The number of likely N-dealkylation sites (tertiary alicyclic amines) is 1. The van der Waals surface area contributed by atoms with Gasteiger partial charge in [0.2, 0.25) is 6.10 Å². The molecule has 1 aliphatic rings. The number of hydrogen-bond donors (Lipinski definition) is 0. The number of benzene rings is 2. The van der Waals surface area contributed by atoms with Crippen molar-refractivity contribution in [2.75, 3.05) is 13.1 Å². The summed E-state index contributed by atoms with van der Waals surface area (Å²) < 4.78 is 5.74. The summed E-state index contributed by atoms with van der Waals surface area (Å²) >= 11 is 0. The van der Waals surface area contributed by atoms with Crippen molar-refractivity contribution in [3.63, 3.8) is 0 Å². The van der Waals surface area contributed by atoms with Crippen LogP contribution in [0.1, 0.15) is 52.4 Å². The summed E-state index contributed by atoms with van der Waals surface area (Å²) in [5, 5.41) is 0. The SMILES string of the molecule is Cc1ccc(C)c(C(=O)O[C@@H](C(=O)N2CCCCC2)c2ccccc2)c1. The molecule has 1 amide bonds. The van der Waals surface area contributed by atoms with Gasteiger partial charge in [-0.05, 0) is 44.7 Å². The van der Waals surface area contributed by atoms with Crippen LogP contribution in [-0.2, 0) is 9.53 Å². The first kappa shape index (κ1) is 18.2. The highest BCUT2D eigenvalue weighted by atomic mass is 16.5. The van der Waals surface area contributed by atoms with E-state index in [1.165, 1.54) is 0 Å². The van der Waals surface area contributed by atoms with Crippen LogP contribution < -0.4 is 0 Å². The van der Waals surface area contributed by atoms with Crippen LogP contribution >= 0.6 is 0 Å². The lowest BCUT2D eigenvalue weighted by Gasteiger charge is -2.30. The van der Waals surface area contributed by atoms with Crippen LogP contribution in [0.15, 0.2) is 48.5 Å². The fourth-order valence-corrected chi connectivity index (χ4v) is 3.30. The number of ether oxygens (including phenoxy) is 1. The maximum atomic E-state index is 13.1. The summed E-state index contributed by atoms with van der Waals surface area (Å²) in [6.07, 6.45) is 2.24. The van der Waals surface area contributed by atoms with E-state index in [-0.39, 0.29) is 5.91 Å². The number of carbonyl (C=O) groups is 2. The standard InChI is InChI=1S/C22H25NO3/c1-16-11-12-17(2)19(15-16)22(25)26-20(18-9-5-3-6-10-18)21(24)23-13-7-4-8-14-23/h3,5-6,9-12,15,20H,4,7-8,13-14H2,1-2H3/t20-/m1/s1. The van der Waals surface area contributed by atoms with Crippen LogP contribution in [0.4, 0.5) is 0 Å². The first-order valence-electron chi connectivity index (χ1n) is 9.18. The lowest BCUT2D eigenvalue weighted by molar-refractivity contribution is -0.142. The molecular weight excluding hydrogens is 326 g/mol. The van der Waals surface area contributed by atoms with Crippen LogP contribution in [0.5, 0.6) is 0 Å². The summed E-state index contributed by atoms with van der Waals surface area (Å²) in [7, 11) is 0. The molecule has 0 aromatic heterocycles. The van der Waals surface area contributed by atoms with Crippen molar-refractivity contribution in [3.05, 3.63) is 70.8 Å². The molecule has 0 aliphatic carbocycles. The molecule has 0 N–H and O–H groups in total. The largest absolute Gasteiger partial charge is 0.444 e. The molecule has 3 rings (SSSR count). The zero-order valence-electron chi connectivity index (χ0n) is 15.4. The van der Waals surface area contributed by atoms with E-state index in [1.807, 2.05) is 67.3 Å². The van der Waals surface area contributed by atoms with E-state index < -0.39 is 12.1 Å². The molecule has 0 saturated carbocycles. The molecule has 1 fully saturated rings. The van der Waals surface area contributed by atoms with E-state index in [9.17, 15) is 9.59 Å². The highest BCUT2D eigenvalue weighted by Crippen LogP contribution is 2.25. The lowest BCUT2D eigenvalue weighted by Crippen LogP contribution is -2.40. The fourth-order valence-electron chi connectivity index (χ4n) is 3.30. The quantitative estimate of drug-likeness (QED) is 0.775. The minimum absolute atomic E-state index is 0.130.